The minimum Gasteiger partial charge on any atom is -0.478 e. The Morgan fingerprint density at radius 1 is 0.805 bits per heavy atom. The molecule has 6 aromatic rings. The summed E-state index contributed by atoms with van der Waals surface area (Å²) in [6.07, 6.45) is 0.616. The van der Waals surface area contributed by atoms with Gasteiger partial charge in [0.15, 0.2) is 0 Å². The molecule has 0 unspecified atom stereocenters. The zero-order chi connectivity index (χ0) is 28.5. The van der Waals surface area contributed by atoms with Crippen LogP contribution >= 0.6 is 0 Å². The van der Waals surface area contributed by atoms with Gasteiger partial charge in [-0.3, -0.25) is 4.79 Å². The lowest BCUT2D eigenvalue weighted by Crippen LogP contribution is -2.28. The lowest BCUT2D eigenvalue weighted by atomic mass is 10.0. The van der Waals surface area contributed by atoms with Gasteiger partial charge in [0.2, 0.25) is 0 Å². The number of halogens is 1. The highest BCUT2D eigenvalue weighted by atomic mass is 19.1. The summed E-state index contributed by atoms with van der Waals surface area (Å²) in [4.78, 5) is 25.1. The zero-order valence-electron chi connectivity index (χ0n) is 22.3. The van der Waals surface area contributed by atoms with E-state index in [2.05, 4.69) is 35.6 Å². The Kier molecular flexibility index (Phi) is 6.81. The number of benzene rings is 4. The molecule has 6 rings (SSSR count). The first-order valence-electron chi connectivity index (χ1n) is 13.4. The van der Waals surface area contributed by atoms with Crippen molar-refractivity contribution in [3.63, 3.8) is 0 Å². The van der Waals surface area contributed by atoms with Crippen LogP contribution in [0.4, 0.5) is 4.39 Å². The van der Waals surface area contributed by atoms with Crippen LogP contribution in [0, 0.1) is 5.82 Å². The van der Waals surface area contributed by atoms with Gasteiger partial charge >= 0.3 is 5.97 Å². The van der Waals surface area contributed by atoms with E-state index in [1.807, 2.05) is 47.7 Å². The molecule has 0 saturated carbocycles. The van der Waals surface area contributed by atoms with Crippen LogP contribution in [-0.4, -0.2) is 21.4 Å². The SMILES string of the molecule is C[C@H](NC(=O)c1cc(-c2cccc(F)c2)cc2ccc(Cc3ccc4ccccc4c3)n12)c1ccc(C(=O)O)cc1. The highest BCUT2D eigenvalue weighted by Gasteiger charge is 2.19. The molecule has 1 atom stereocenters. The number of carboxylic acids is 1. The third-order valence-electron chi connectivity index (χ3n) is 7.42. The second-order valence-corrected chi connectivity index (χ2v) is 10.2. The molecule has 1 amide bonds. The predicted octanol–water partition coefficient (Wildman–Crippen LogP) is 7.68. The van der Waals surface area contributed by atoms with Gasteiger partial charge in [-0.05, 0) is 88.5 Å². The Morgan fingerprint density at radius 2 is 1.59 bits per heavy atom. The van der Waals surface area contributed by atoms with Gasteiger partial charge in [0.1, 0.15) is 11.5 Å². The number of carbonyl (C=O) groups is 2. The minimum absolute atomic E-state index is 0.183. The summed E-state index contributed by atoms with van der Waals surface area (Å²) in [6.45, 7) is 1.85. The molecule has 2 aromatic heterocycles. The molecule has 0 aliphatic heterocycles. The number of nitrogens with one attached hydrogen (secondary N) is 1. The van der Waals surface area contributed by atoms with E-state index in [0.29, 0.717) is 17.7 Å². The molecule has 0 aliphatic rings. The first kappa shape index (κ1) is 26.0. The van der Waals surface area contributed by atoms with Crippen LogP contribution < -0.4 is 5.32 Å². The topological polar surface area (TPSA) is 70.8 Å². The van der Waals surface area contributed by atoms with E-state index < -0.39 is 5.97 Å². The van der Waals surface area contributed by atoms with Gasteiger partial charge in [0, 0.05) is 17.6 Å². The number of pyridine rings is 1. The van der Waals surface area contributed by atoms with Gasteiger partial charge in [-0.25, -0.2) is 9.18 Å². The molecule has 0 fully saturated rings. The normalized spacial score (nSPS) is 12.0. The fourth-order valence-electron chi connectivity index (χ4n) is 5.28. The van der Waals surface area contributed by atoms with Crippen molar-refractivity contribution in [1.82, 2.24) is 9.72 Å². The largest absolute Gasteiger partial charge is 0.478 e. The molecular formula is C35H27FN2O3. The van der Waals surface area contributed by atoms with E-state index in [0.717, 1.165) is 33.3 Å². The molecule has 0 radical (unpaired) electrons. The van der Waals surface area contributed by atoms with Crippen molar-refractivity contribution in [2.45, 2.75) is 19.4 Å². The van der Waals surface area contributed by atoms with Crippen molar-refractivity contribution in [2.24, 2.45) is 0 Å². The second-order valence-electron chi connectivity index (χ2n) is 10.2. The maximum absolute atomic E-state index is 14.1. The van der Waals surface area contributed by atoms with Crippen molar-refractivity contribution in [3.8, 4) is 11.1 Å². The van der Waals surface area contributed by atoms with Crippen molar-refractivity contribution in [1.29, 1.82) is 0 Å². The van der Waals surface area contributed by atoms with Gasteiger partial charge in [-0.2, -0.15) is 0 Å². The summed E-state index contributed by atoms with van der Waals surface area (Å²) in [5.41, 5.74) is 5.70. The van der Waals surface area contributed by atoms with Crippen LogP contribution in [-0.2, 0) is 6.42 Å². The van der Waals surface area contributed by atoms with Crippen molar-refractivity contribution in [2.75, 3.05) is 0 Å². The maximum Gasteiger partial charge on any atom is 0.335 e. The fourth-order valence-corrected chi connectivity index (χ4v) is 5.28. The molecule has 41 heavy (non-hydrogen) atoms. The summed E-state index contributed by atoms with van der Waals surface area (Å²) in [6, 6.07) is 34.7. The number of carbonyl (C=O) groups excluding carboxylic acids is 1. The molecule has 5 nitrogen and oxygen atoms in total. The number of nitrogens with zero attached hydrogens (tertiary/aromatic N) is 1. The van der Waals surface area contributed by atoms with Crippen molar-refractivity contribution < 1.29 is 19.1 Å². The van der Waals surface area contributed by atoms with Crippen LogP contribution in [0.3, 0.4) is 0 Å². The van der Waals surface area contributed by atoms with E-state index >= 15 is 0 Å². The van der Waals surface area contributed by atoms with E-state index in [9.17, 15) is 19.1 Å². The molecule has 2 heterocycles. The first-order chi connectivity index (χ1) is 19.9. The summed E-state index contributed by atoms with van der Waals surface area (Å²) < 4.78 is 16.1. The fraction of sp³-hybridized carbons (Fsp3) is 0.0857. The van der Waals surface area contributed by atoms with Crippen molar-refractivity contribution >= 4 is 28.2 Å². The standard InChI is InChI=1S/C35H27FN2O3/c1-22(24-11-13-26(14-12-24)35(40)41)37-34(39)33-21-29(28-7-4-8-30(36)19-28)20-32-16-15-31(38(32)33)18-23-9-10-25-5-2-3-6-27(25)17-23/h2-17,19-22H,18H2,1H3,(H,37,39)(H,40,41)/t22-/m0/s1. The summed E-state index contributed by atoms with van der Waals surface area (Å²) >= 11 is 0. The minimum atomic E-state index is -1.00. The number of fused-ring (bicyclic) bond motifs is 2. The number of aromatic nitrogens is 1. The van der Waals surface area contributed by atoms with Crippen LogP contribution in [0.25, 0.3) is 27.4 Å². The van der Waals surface area contributed by atoms with E-state index in [4.69, 9.17) is 0 Å². The predicted molar refractivity (Wildman–Crippen MR) is 159 cm³/mol. The van der Waals surface area contributed by atoms with Gasteiger partial charge < -0.3 is 14.8 Å². The average Bonchev–Trinajstić information content (AvgIpc) is 3.39. The van der Waals surface area contributed by atoms with Gasteiger partial charge in [-0.15, -0.1) is 0 Å². The molecule has 2 N–H and O–H groups in total. The monoisotopic (exact) mass is 542 g/mol. The number of aromatic carboxylic acids is 1. The van der Waals surface area contributed by atoms with Gasteiger partial charge in [0.25, 0.3) is 5.91 Å². The number of hydrogen-bond acceptors (Lipinski definition) is 2. The Balaban J connectivity index is 1.40. The van der Waals surface area contributed by atoms with E-state index in [1.165, 1.54) is 29.7 Å². The molecular weight excluding hydrogens is 515 g/mol. The molecule has 202 valence electrons. The maximum atomic E-state index is 14.1. The second kappa shape index (κ2) is 10.7. The third kappa shape index (κ3) is 5.32. The molecule has 0 bridgehead atoms. The number of carboxylic acid groups (broad SMARTS) is 1. The van der Waals surface area contributed by atoms with Crippen LogP contribution in [0.2, 0.25) is 0 Å². The summed E-state index contributed by atoms with van der Waals surface area (Å²) in [5, 5.41) is 14.6. The van der Waals surface area contributed by atoms with Crippen molar-refractivity contribution in [3.05, 3.63) is 149 Å². The van der Waals surface area contributed by atoms with Crippen LogP contribution in [0.15, 0.2) is 115 Å². The highest BCUT2D eigenvalue weighted by molar-refractivity contribution is 5.96. The average molecular weight is 543 g/mol. The van der Waals surface area contributed by atoms with E-state index in [-0.39, 0.29) is 23.3 Å². The number of amides is 1. The van der Waals surface area contributed by atoms with Crippen LogP contribution in [0.1, 0.15) is 50.6 Å². The Hall–Kier alpha value is -5.23. The zero-order valence-corrected chi connectivity index (χ0v) is 22.3. The molecule has 0 spiro atoms. The lowest BCUT2D eigenvalue weighted by molar-refractivity contribution is 0.0696. The number of hydrogen-bond donors (Lipinski definition) is 2. The Bertz CT molecular complexity index is 1920. The quantitative estimate of drug-likeness (QED) is 0.217. The smallest absolute Gasteiger partial charge is 0.335 e. The third-order valence-corrected chi connectivity index (χ3v) is 7.42. The summed E-state index contributed by atoms with van der Waals surface area (Å²) in [5.74, 6) is -1.64. The molecule has 4 aromatic carbocycles. The lowest BCUT2D eigenvalue weighted by Gasteiger charge is -2.18. The Labute approximate surface area is 236 Å². The Morgan fingerprint density at radius 3 is 2.34 bits per heavy atom. The highest BCUT2D eigenvalue weighted by Crippen LogP contribution is 2.28. The van der Waals surface area contributed by atoms with E-state index in [1.54, 1.807) is 24.3 Å². The molecule has 0 aliphatic carbocycles. The molecule has 0 saturated heterocycles. The summed E-state index contributed by atoms with van der Waals surface area (Å²) in [7, 11) is 0. The first-order valence-corrected chi connectivity index (χ1v) is 13.4. The van der Waals surface area contributed by atoms with Gasteiger partial charge in [-0.1, -0.05) is 66.7 Å². The van der Waals surface area contributed by atoms with Gasteiger partial charge in [0.05, 0.1) is 11.6 Å². The number of rotatable bonds is 7. The van der Waals surface area contributed by atoms with Crippen LogP contribution in [0.5, 0.6) is 0 Å². The molecule has 6 heteroatoms.